The molecular weight excluding hydrogens is 304 g/mol. The predicted octanol–water partition coefficient (Wildman–Crippen LogP) is 3.40. The standard InChI is InChI=1S/C12H15BrO3S/c13-9-4-5-10(12(15)16)11(8-9)17-7-3-1-2-6-14/h4-5,8,14H,1-3,6-7H2,(H,15,16). The molecule has 3 nitrogen and oxygen atoms in total. The Kier molecular flexibility index (Phi) is 6.62. The van der Waals surface area contributed by atoms with Gasteiger partial charge in [0.15, 0.2) is 0 Å². The summed E-state index contributed by atoms with van der Waals surface area (Å²) >= 11 is 4.89. The number of rotatable bonds is 7. The Labute approximate surface area is 113 Å². The van der Waals surface area contributed by atoms with E-state index in [4.69, 9.17) is 10.2 Å². The molecule has 5 heteroatoms. The van der Waals surface area contributed by atoms with E-state index in [9.17, 15) is 4.79 Å². The molecule has 1 aromatic carbocycles. The zero-order valence-electron chi connectivity index (χ0n) is 9.36. The number of aromatic carboxylic acids is 1. The topological polar surface area (TPSA) is 57.5 Å². The van der Waals surface area contributed by atoms with Crippen molar-refractivity contribution in [1.82, 2.24) is 0 Å². The first-order valence-electron chi connectivity index (χ1n) is 5.41. The van der Waals surface area contributed by atoms with E-state index in [-0.39, 0.29) is 6.61 Å². The van der Waals surface area contributed by atoms with Crippen LogP contribution in [-0.4, -0.2) is 28.5 Å². The van der Waals surface area contributed by atoms with E-state index >= 15 is 0 Å². The average Bonchev–Trinajstić information content (AvgIpc) is 2.28. The fourth-order valence-electron chi connectivity index (χ4n) is 1.37. The third-order valence-electron chi connectivity index (χ3n) is 2.23. The molecule has 0 aliphatic rings. The van der Waals surface area contributed by atoms with Gasteiger partial charge in [0, 0.05) is 16.0 Å². The lowest BCUT2D eigenvalue weighted by molar-refractivity contribution is 0.0693. The van der Waals surface area contributed by atoms with Crippen LogP contribution in [0.2, 0.25) is 0 Å². The summed E-state index contributed by atoms with van der Waals surface area (Å²) in [5.74, 6) is -0.0214. The largest absolute Gasteiger partial charge is 0.478 e. The quantitative estimate of drug-likeness (QED) is 0.597. The molecule has 0 unspecified atom stereocenters. The van der Waals surface area contributed by atoms with Crippen molar-refractivity contribution in [1.29, 1.82) is 0 Å². The van der Waals surface area contributed by atoms with E-state index in [0.717, 1.165) is 34.4 Å². The van der Waals surface area contributed by atoms with Gasteiger partial charge in [0.25, 0.3) is 0 Å². The highest BCUT2D eigenvalue weighted by Gasteiger charge is 2.10. The molecule has 2 N–H and O–H groups in total. The Morgan fingerprint density at radius 2 is 2.06 bits per heavy atom. The number of aliphatic hydroxyl groups is 1. The number of thioether (sulfide) groups is 1. The number of hydrogen-bond acceptors (Lipinski definition) is 3. The number of halogens is 1. The molecule has 1 aromatic rings. The van der Waals surface area contributed by atoms with E-state index in [1.54, 1.807) is 23.9 Å². The Bertz CT molecular complexity index is 382. The maximum atomic E-state index is 11.0. The van der Waals surface area contributed by atoms with Crippen molar-refractivity contribution in [3.8, 4) is 0 Å². The van der Waals surface area contributed by atoms with Crippen molar-refractivity contribution in [2.45, 2.75) is 24.2 Å². The smallest absolute Gasteiger partial charge is 0.336 e. The van der Waals surface area contributed by atoms with Crippen LogP contribution in [0.5, 0.6) is 0 Å². The number of unbranched alkanes of at least 4 members (excludes halogenated alkanes) is 2. The van der Waals surface area contributed by atoms with Crippen molar-refractivity contribution in [2.75, 3.05) is 12.4 Å². The molecule has 0 saturated heterocycles. The molecule has 0 bridgehead atoms. The van der Waals surface area contributed by atoms with Gasteiger partial charge in [-0.15, -0.1) is 11.8 Å². The normalized spacial score (nSPS) is 10.5. The van der Waals surface area contributed by atoms with Crippen LogP contribution in [-0.2, 0) is 0 Å². The van der Waals surface area contributed by atoms with Gasteiger partial charge in [0.05, 0.1) is 5.56 Å². The van der Waals surface area contributed by atoms with Crippen molar-refractivity contribution in [3.63, 3.8) is 0 Å². The second-order valence-corrected chi connectivity index (χ2v) is 5.63. The monoisotopic (exact) mass is 318 g/mol. The van der Waals surface area contributed by atoms with Crippen molar-refractivity contribution in [2.24, 2.45) is 0 Å². The minimum Gasteiger partial charge on any atom is -0.478 e. The lowest BCUT2D eigenvalue weighted by Crippen LogP contribution is -1.99. The van der Waals surface area contributed by atoms with E-state index in [0.29, 0.717) is 5.56 Å². The van der Waals surface area contributed by atoms with Crippen LogP contribution in [0.1, 0.15) is 29.6 Å². The molecule has 0 atom stereocenters. The van der Waals surface area contributed by atoms with Gasteiger partial charge in [-0.3, -0.25) is 0 Å². The van der Waals surface area contributed by atoms with Gasteiger partial charge in [-0.2, -0.15) is 0 Å². The van der Waals surface area contributed by atoms with Crippen molar-refractivity contribution < 1.29 is 15.0 Å². The van der Waals surface area contributed by atoms with Crippen LogP contribution in [0.3, 0.4) is 0 Å². The summed E-state index contributed by atoms with van der Waals surface area (Å²) in [5.41, 5.74) is 0.348. The summed E-state index contributed by atoms with van der Waals surface area (Å²) in [7, 11) is 0. The molecule has 94 valence electrons. The number of carbonyl (C=O) groups is 1. The lowest BCUT2D eigenvalue weighted by Gasteiger charge is -2.06. The van der Waals surface area contributed by atoms with E-state index in [2.05, 4.69) is 15.9 Å². The summed E-state index contributed by atoms with van der Waals surface area (Å²) in [5, 5.41) is 17.7. The highest BCUT2D eigenvalue weighted by Crippen LogP contribution is 2.27. The molecule has 1 rings (SSSR count). The number of carboxylic acid groups (broad SMARTS) is 1. The van der Waals surface area contributed by atoms with Crippen LogP contribution >= 0.6 is 27.7 Å². The Balaban J connectivity index is 2.56. The minimum absolute atomic E-state index is 0.224. The number of hydrogen-bond donors (Lipinski definition) is 2. The molecule has 0 heterocycles. The van der Waals surface area contributed by atoms with Gasteiger partial charge in [-0.1, -0.05) is 22.4 Å². The molecular formula is C12H15BrO3S. The van der Waals surface area contributed by atoms with Gasteiger partial charge in [-0.05, 0) is 36.8 Å². The minimum atomic E-state index is -0.893. The third-order valence-corrected chi connectivity index (χ3v) is 3.87. The summed E-state index contributed by atoms with van der Waals surface area (Å²) in [6, 6.07) is 5.18. The summed E-state index contributed by atoms with van der Waals surface area (Å²) < 4.78 is 0.889. The first-order valence-corrected chi connectivity index (χ1v) is 7.19. The molecule has 0 radical (unpaired) electrons. The fraction of sp³-hybridized carbons (Fsp3) is 0.417. The van der Waals surface area contributed by atoms with Gasteiger partial charge in [0.1, 0.15) is 0 Å². The second-order valence-electron chi connectivity index (χ2n) is 3.58. The van der Waals surface area contributed by atoms with Crippen LogP contribution in [0.4, 0.5) is 0 Å². The van der Waals surface area contributed by atoms with E-state index in [1.807, 2.05) is 6.07 Å². The summed E-state index contributed by atoms with van der Waals surface area (Å²) in [6.07, 6.45) is 2.77. The molecule has 17 heavy (non-hydrogen) atoms. The Morgan fingerprint density at radius 3 is 2.71 bits per heavy atom. The zero-order valence-corrected chi connectivity index (χ0v) is 11.8. The van der Waals surface area contributed by atoms with Crippen molar-refractivity contribution >= 4 is 33.7 Å². The van der Waals surface area contributed by atoms with E-state index < -0.39 is 5.97 Å². The highest BCUT2D eigenvalue weighted by atomic mass is 79.9. The molecule has 0 fully saturated rings. The lowest BCUT2D eigenvalue weighted by atomic mass is 10.2. The van der Waals surface area contributed by atoms with Crippen LogP contribution < -0.4 is 0 Å². The third kappa shape index (κ3) is 5.10. The van der Waals surface area contributed by atoms with Gasteiger partial charge < -0.3 is 10.2 Å². The molecule has 0 aromatic heterocycles. The first-order chi connectivity index (χ1) is 8.15. The van der Waals surface area contributed by atoms with Gasteiger partial charge in [-0.25, -0.2) is 4.79 Å². The summed E-state index contributed by atoms with van der Waals surface area (Å²) in [6.45, 7) is 0.224. The maximum Gasteiger partial charge on any atom is 0.336 e. The molecule has 0 aliphatic carbocycles. The van der Waals surface area contributed by atoms with Gasteiger partial charge in [0.2, 0.25) is 0 Å². The number of benzene rings is 1. The fourth-order valence-corrected chi connectivity index (χ4v) is 2.97. The second kappa shape index (κ2) is 7.74. The zero-order chi connectivity index (χ0) is 12.7. The maximum absolute atomic E-state index is 11.0. The van der Waals surface area contributed by atoms with Crippen LogP contribution in [0, 0.1) is 0 Å². The predicted molar refractivity (Wildman–Crippen MR) is 72.8 cm³/mol. The molecule has 0 aliphatic heterocycles. The summed E-state index contributed by atoms with van der Waals surface area (Å²) in [4.78, 5) is 11.8. The highest BCUT2D eigenvalue weighted by molar-refractivity contribution is 9.10. The van der Waals surface area contributed by atoms with Crippen LogP contribution in [0.25, 0.3) is 0 Å². The van der Waals surface area contributed by atoms with Gasteiger partial charge >= 0.3 is 5.97 Å². The van der Waals surface area contributed by atoms with Crippen molar-refractivity contribution in [3.05, 3.63) is 28.2 Å². The van der Waals surface area contributed by atoms with E-state index in [1.165, 1.54) is 0 Å². The number of carboxylic acids is 1. The Morgan fingerprint density at radius 1 is 1.29 bits per heavy atom. The number of aliphatic hydroxyl groups excluding tert-OH is 1. The van der Waals surface area contributed by atoms with Crippen LogP contribution in [0.15, 0.2) is 27.6 Å². The Hall–Kier alpha value is -0.520. The molecule has 0 saturated carbocycles. The molecule has 0 amide bonds. The SMILES string of the molecule is O=C(O)c1ccc(Br)cc1SCCCCCO. The molecule has 0 spiro atoms. The average molecular weight is 319 g/mol. The first kappa shape index (κ1) is 14.5.